The lowest BCUT2D eigenvalue weighted by molar-refractivity contribution is 0.0600. The van der Waals surface area contributed by atoms with Gasteiger partial charge in [-0.3, -0.25) is 0 Å². The Bertz CT molecular complexity index is 433. The van der Waals surface area contributed by atoms with Crippen molar-refractivity contribution < 1.29 is 14.3 Å². The highest BCUT2D eigenvalue weighted by Crippen LogP contribution is 2.27. The van der Waals surface area contributed by atoms with Crippen molar-refractivity contribution in [3.8, 4) is 0 Å². The van der Waals surface area contributed by atoms with Crippen molar-refractivity contribution in [2.45, 2.75) is 20.0 Å². The second-order valence-electron chi connectivity index (χ2n) is 4.58. The van der Waals surface area contributed by atoms with Crippen LogP contribution in [0.2, 0.25) is 0 Å². The maximum Gasteiger partial charge on any atom is 0.340 e. The molecule has 0 aliphatic rings. The molecular weight excluding hydrogens is 244 g/mol. The van der Waals surface area contributed by atoms with Gasteiger partial charge < -0.3 is 20.1 Å². The topological polar surface area (TPSA) is 64.8 Å². The molecule has 0 bridgehead atoms. The van der Waals surface area contributed by atoms with Crippen LogP contribution in [0.4, 0.5) is 11.4 Å². The fourth-order valence-electron chi connectivity index (χ4n) is 1.80. The molecule has 0 fully saturated rings. The Morgan fingerprint density at radius 2 is 2.11 bits per heavy atom. The second-order valence-corrected chi connectivity index (χ2v) is 4.58. The number of rotatable bonds is 6. The number of nitrogens with zero attached hydrogens (tertiary/aromatic N) is 1. The number of benzene rings is 1. The van der Waals surface area contributed by atoms with Crippen LogP contribution >= 0.6 is 0 Å². The highest BCUT2D eigenvalue weighted by molar-refractivity contribution is 5.99. The molecule has 5 nitrogen and oxygen atoms in total. The van der Waals surface area contributed by atoms with Gasteiger partial charge in [-0.15, -0.1) is 0 Å². The third kappa shape index (κ3) is 4.13. The fraction of sp³-hybridized carbons (Fsp3) is 0.500. The predicted octanol–water partition coefficient (Wildman–Crippen LogP) is 1.92. The standard InChI is InChI=1S/C14H22N2O3/c1-10(2)19-9-8-16(3)13-11(14(17)18-4)6-5-7-12(13)15/h5-7,10H,8-9,15H2,1-4H3. The Balaban J connectivity index is 2.88. The molecule has 0 aliphatic carbocycles. The highest BCUT2D eigenvalue weighted by atomic mass is 16.5. The number of ether oxygens (including phenoxy) is 2. The quantitative estimate of drug-likeness (QED) is 0.629. The third-order valence-corrected chi connectivity index (χ3v) is 2.73. The van der Waals surface area contributed by atoms with Crippen LogP contribution in [0.3, 0.4) is 0 Å². The van der Waals surface area contributed by atoms with Crippen molar-refractivity contribution in [2.24, 2.45) is 0 Å². The van der Waals surface area contributed by atoms with Gasteiger partial charge in [-0.2, -0.15) is 0 Å². The molecule has 5 heteroatoms. The van der Waals surface area contributed by atoms with E-state index in [4.69, 9.17) is 15.2 Å². The van der Waals surface area contributed by atoms with E-state index < -0.39 is 0 Å². The number of hydrogen-bond donors (Lipinski definition) is 1. The molecule has 0 saturated heterocycles. The molecule has 1 aromatic rings. The van der Waals surface area contributed by atoms with Crippen LogP contribution in [-0.4, -0.2) is 39.4 Å². The average Bonchev–Trinajstić information content (AvgIpc) is 2.36. The summed E-state index contributed by atoms with van der Waals surface area (Å²) in [5.41, 5.74) is 7.66. The van der Waals surface area contributed by atoms with Crippen molar-refractivity contribution >= 4 is 17.3 Å². The molecule has 0 unspecified atom stereocenters. The molecule has 19 heavy (non-hydrogen) atoms. The number of carbonyl (C=O) groups excluding carboxylic acids is 1. The van der Waals surface area contributed by atoms with E-state index in [1.165, 1.54) is 7.11 Å². The minimum Gasteiger partial charge on any atom is -0.465 e. The van der Waals surface area contributed by atoms with Crippen LogP contribution < -0.4 is 10.6 Å². The minimum absolute atomic E-state index is 0.182. The van der Waals surface area contributed by atoms with Gasteiger partial charge in [-0.1, -0.05) is 6.07 Å². The lowest BCUT2D eigenvalue weighted by Gasteiger charge is -2.23. The molecule has 0 atom stereocenters. The Labute approximate surface area is 114 Å². The van der Waals surface area contributed by atoms with Gasteiger partial charge in [0.1, 0.15) is 0 Å². The third-order valence-electron chi connectivity index (χ3n) is 2.73. The van der Waals surface area contributed by atoms with E-state index >= 15 is 0 Å². The molecule has 1 rings (SSSR count). The number of likely N-dealkylation sites (N-methyl/N-ethyl adjacent to an activating group) is 1. The Kier molecular flexibility index (Phi) is 5.63. The zero-order chi connectivity index (χ0) is 14.4. The number of anilines is 2. The molecule has 0 amide bonds. The molecule has 0 radical (unpaired) electrons. The van der Waals surface area contributed by atoms with E-state index in [1.54, 1.807) is 18.2 Å². The number of nitrogen functional groups attached to an aromatic ring is 1. The van der Waals surface area contributed by atoms with Crippen LogP contribution in [0, 0.1) is 0 Å². The lowest BCUT2D eigenvalue weighted by atomic mass is 10.1. The van der Waals surface area contributed by atoms with E-state index in [1.807, 2.05) is 25.8 Å². The second kappa shape index (κ2) is 6.99. The summed E-state index contributed by atoms with van der Waals surface area (Å²) >= 11 is 0. The number of nitrogens with two attached hydrogens (primary N) is 1. The maximum absolute atomic E-state index is 11.7. The molecule has 1 aromatic carbocycles. The zero-order valence-corrected chi connectivity index (χ0v) is 12.0. The van der Waals surface area contributed by atoms with Crippen LogP contribution in [0.1, 0.15) is 24.2 Å². The van der Waals surface area contributed by atoms with E-state index in [0.29, 0.717) is 30.1 Å². The van der Waals surface area contributed by atoms with E-state index in [9.17, 15) is 4.79 Å². The summed E-state index contributed by atoms with van der Waals surface area (Å²) in [6.07, 6.45) is 0.182. The summed E-state index contributed by atoms with van der Waals surface area (Å²) in [4.78, 5) is 13.6. The normalized spacial score (nSPS) is 10.6. The molecule has 0 spiro atoms. The van der Waals surface area contributed by atoms with Crippen LogP contribution in [0.5, 0.6) is 0 Å². The first kappa shape index (κ1) is 15.3. The maximum atomic E-state index is 11.7. The van der Waals surface area contributed by atoms with Crippen molar-refractivity contribution in [1.29, 1.82) is 0 Å². The van der Waals surface area contributed by atoms with Gasteiger partial charge in [0.25, 0.3) is 0 Å². The number of para-hydroxylation sites is 1. The van der Waals surface area contributed by atoms with Gasteiger partial charge in [-0.05, 0) is 26.0 Å². The predicted molar refractivity (Wildman–Crippen MR) is 76.6 cm³/mol. The summed E-state index contributed by atoms with van der Waals surface area (Å²) < 4.78 is 10.3. The van der Waals surface area contributed by atoms with Crippen LogP contribution in [-0.2, 0) is 9.47 Å². The number of esters is 1. The number of hydrogen-bond acceptors (Lipinski definition) is 5. The Hall–Kier alpha value is -1.75. The summed E-state index contributed by atoms with van der Waals surface area (Å²) in [5.74, 6) is -0.390. The summed E-state index contributed by atoms with van der Waals surface area (Å²) in [6, 6.07) is 5.21. The molecule has 0 aliphatic heterocycles. The fourth-order valence-corrected chi connectivity index (χ4v) is 1.80. The minimum atomic E-state index is -0.390. The molecule has 0 heterocycles. The summed E-state index contributed by atoms with van der Waals surface area (Å²) in [7, 11) is 3.24. The molecule has 2 N–H and O–H groups in total. The van der Waals surface area contributed by atoms with Crippen molar-refractivity contribution in [1.82, 2.24) is 0 Å². The first-order valence-corrected chi connectivity index (χ1v) is 6.27. The Morgan fingerprint density at radius 3 is 2.68 bits per heavy atom. The van der Waals surface area contributed by atoms with Gasteiger partial charge in [0.2, 0.25) is 0 Å². The van der Waals surface area contributed by atoms with Gasteiger partial charge >= 0.3 is 5.97 Å². The first-order chi connectivity index (χ1) is 8.97. The first-order valence-electron chi connectivity index (χ1n) is 6.27. The van der Waals surface area contributed by atoms with Gasteiger partial charge in [0, 0.05) is 13.6 Å². The Morgan fingerprint density at radius 1 is 1.42 bits per heavy atom. The van der Waals surface area contributed by atoms with Gasteiger partial charge in [0.15, 0.2) is 0 Å². The van der Waals surface area contributed by atoms with E-state index in [0.717, 1.165) is 0 Å². The largest absolute Gasteiger partial charge is 0.465 e. The number of methoxy groups -OCH3 is 1. The van der Waals surface area contributed by atoms with Crippen molar-refractivity contribution in [3.05, 3.63) is 23.8 Å². The lowest BCUT2D eigenvalue weighted by Crippen LogP contribution is -2.26. The average molecular weight is 266 g/mol. The van der Waals surface area contributed by atoms with Gasteiger partial charge in [0.05, 0.1) is 36.8 Å². The van der Waals surface area contributed by atoms with E-state index in [-0.39, 0.29) is 12.1 Å². The molecule has 106 valence electrons. The molecule has 0 saturated carbocycles. The van der Waals surface area contributed by atoms with Crippen LogP contribution in [0.15, 0.2) is 18.2 Å². The summed E-state index contributed by atoms with van der Waals surface area (Å²) in [5, 5.41) is 0. The molecule has 0 aromatic heterocycles. The highest BCUT2D eigenvalue weighted by Gasteiger charge is 2.17. The van der Waals surface area contributed by atoms with E-state index in [2.05, 4.69) is 0 Å². The molecular formula is C14H22N2O3. The summed E-state index contributed by atoms with van der Waals surface area (Å²) in [6.45, 7) is 5.19. The van der Waals surface area contributed by atoms with Crippen LogP contribution in [0.25, 0.3) is 0 Å². The van der Waals surface area contributed by atoms with Gasteiger partial charge in [-0.25, -0.2) is 4.79 Å². The van der Waals surface area contributed by atoms with Crippen molar-refractivity contribution in [2.75, 3.05) is 37.9 Å². The smallest absolute Gasteiger partial charge is 0.340 e. The number of carbonyl (C=O) groups is 1. The zero-order valence-electron chi connectivity index (χ0n) is 12.0. The van der Waals surface area contributed by atoms with Crippen molar-refractivity contribution in [3.63, 3.8) is 0 Å². The SMILES string of the molecule is COC(=O)c1cccc(N)c1N(C)CCOC(C)C. The monoisotopic (exact) mass is 266 g/mol.